The monoisotopic (exact) mass is 326 g/mol. The van der Waals surface area contributed by atoms with Gasteiger partial charge in [-0.05, 0) is 73.1 Å². The molecule has 6 atom stereocenters. The second-order valence-electron chi connectivity index (χ2n) is 8.10. The van der Waals surface area contributed by atoms with E-state index in [0.29, 0.717) is 18.3 Å². The zero-order valence-corrected chi connectivity index (χ0v) is 14.5. The Morgan fingerprint density at radius 3 is 2.83 bits per heavy atom. The van der Waals surface area contributed by atoms with Crippen LogP contribution in [0.25, 0.3) is 0 Å². The van der Waals surface area contributed by atoms with Crippen LogP contribution in [0.2, 0.25) is 0 Å². The van der Waals surface area contributed by atoms with Crippen molar-refractivity contribution in [2.24, 2.45) is 17.3 Å². The summed E-state index contributed by atoms with van der Waals surface area (Å²) in [6, 6.07) is 6.43. The number of rotatable bonds is 1. The number of ether oxygens (including phenoxy) is 1. The molecule has 24 heavy (non-hydrogen) atoms. The molecule has 1 aromatic rings. The Morgan fingerprint density at radius 1 is 1.33 bits per heavy atom. The van der Waals surface area contributed by atoms with Gasteiger partial charge in [0.05, 0.1) is 13.2 Å². The second kappa shape index (κ2) is 5.25. The maximum Gasteiger partial charge on any atom is 0.156 e. The van der Waals surface area contributed by atoms with Gasteiger partial charge in [0.25, 0.3) is 0 Å². The van der Waals surface area contributed by atoms with E-state index >= 15 is 0 Å². The molecule has 0 spiro atoms. The standard InChI is InChI=1S/C21H26O3/c1-4-21(23)19(22)12-18-17-7-5-13-11-14(24-3)6-8-15(13)16(17)9-10-20(18,21)2/h1,6,8,11,16-19,22-23H,5,7,9-10,12H2,2-3H3/t16-,17-,18+,19-,20+,21-/m1/s1. The summed E-state index contributed by atoms with van der Waals surface area (Å²) in [5.41, 5.74) is 1.06. The summed E-state index contributed by atoms with van der Waals surface area (Å²) in [6.45, 7) is 2.09. The second-order valence-corrected chi connectivity index (χ2v) is 8.10. The molecule has 0 aromatic heterocycles. The summed E-state index contributed by atoms with van der Waals surface area (Å²) in [5.74, 6) is 4.74. The fourth-order valence-electron chi connectivity index (χ4n) is 5.97. The van der Waals surface area contributed by atoms with Crippen LogP contribution in [-0.4, -0.2) is 29.0 Å². The van der Waals surface area contributed by atoms with Crippen LogP contribution in [0.3, 0.4) is 0 Å². The molecule has 1 aromatic carbocycles. The molecule has 3 heteroatoms. The van der Waals surface area contributed by atoms with Crippen molar-refractivity contribution in [3.63, 3.8) is 0 Å². The molecule has 3 nitrogen and oxygen atoms in total. The SMILES string of the molecule is C#C[C@@]1(O)[C@H](O)C[C@H]2[C@@H]3CCc4cc(OC)ccc4[C@H]3CC[C@@]21C. The van der Waals surface area contributed by atoms with Gasteiger partial charge in [-0.25, -0.2) is 0 Å². The van der Waals surface area contributed by atoms with E-state index in [1.165, 1.54) is 11.1 Å². The van der Waals surface area contributed by atoms with E-state index in [0.717, 1.165) is 31.4 Å². The van der Waals surface area contributed by atoms with Crippen molar-refractivity contribution < 1.29 is 14.9 Å². The van der Waals surface area contributed by atoms with E-state index in [4.69, 9.17) is 11.2 Å². The van der Waals surface area contributed by atoms with Gasteiger partial charge in [-0.15, -0.1) is 6.42 Å². The highest BCUT2D eigenvalue weighted by atomic mass is 16.5. The van der Waals surface area contributed by atoms with Gasteiger partial charge < -0.3 is 14.9 Å². The highest BCUT2D eigenvalue weighted by Crippen LogP contribution is 2.64. The molecule has 128 valence electrons. The largest absolute Gasteiger partial charge is 0.497 e. The number of aryl methyl sites for hydroxylation is 1. The molecule has 0 radical (unpaired) electrons. The maximum absolute atomic E-state index is 11.0. The van der Waals surface area contributed by atoms with Gasteiger partial charge in [0, 0.05) is 5.41 Å². The number of terminal acetylenes is 1. The van der Waals surface area contributed by atoms with Crippen molar-refractivity contribution in [2.45, 2.75) is 56.7 Å². The fraction of sp³-hybridized carbons (Fsp3) is 0.619. The Morgan fingerprint density at radius 2 is 2.12 bits per heavy atom. The summed E-state index contributed by atoms with van der Waals surface area (Å²) < 4.78 is 5.37. The van der Waals surface area contributed by atoms with Crippen molar-refractivity contribution in [1.82, 2.24) is 0 Å². The minimum atomic E-state index is -1.39. The van der Waals surface area contributed by atoms with Gasteiger partial charge in [0.2, 0.25) is 0 Å². The first-order valence-electron chi connectivity index (χ1n) is 8.99. The highest BCUT2D eigenvalue weighted by molar-refractivity contribution is 5.41. The third-order valence-electron chi connectivity index (χ3n) is 7.37. The average Bonchev–Trinajstić information content (AvgIpc) is 2.81. The van der Waals surface area contributed by atoms with E-state index in [9.17, 15) is 10.2 Å². The molecular weight excluding hydrogens is 300 g/mol. The van der Waals surface area contributed by atoms with Crippen molar-refractivity contribution in [3.8, 4) is 18.1 Å². The summed E-state index contributed by atoms with van der Waals surface area (Å²) in [5, 5.41) is 21.5. The number of hydrogen-bond acceptors (Lipinski definition) is 3. The Hall–Kier alpha value is -1.50. The molecule has 0 bridgehead atoms. The fourth-order valence-corrected chi connectivity index (χ4v) is 5.97. The van der Waals surface area contributed by atoms with Crippen molar-refractivity contribution in [3.05, 3.63) is 29.3 Å². The molecule has 0 saturated heterocycles. The van der Waals surface area contributed by atoms with Gasteiger partial charge in [0.15, 0.2) is 5.60 Å². The van der Waals surface area contributed by atoms with E-state index in [1.54, 1.807) is 7.11 Å². The molecule has 2 saturated carbocycles. The molecule has 3 aliphatic carbocycles. The zero-order valence-electron chi connectivity index (χ0n) is 14.5. The number of aliphatic hydroxyl groups excluding tert-OH is 1. The smallest absolute Gasteiger partial charge is 0.156 e. The number of benzene rings is 1. The molecule has 3 aliphatic rings. The van der Waals surface area contributed by atoms with Crippen LogP contribution >= 0.6 is 0 Å². The molecule has 0 unspecified atom stereocenters. The van der Waals surface area contributed by atoms with Crippen LogP contribution in [0.1, 0.15) is 49.7 Å². The Balaban J connectivity index is 1.71. The number of hydrogen-bond donors (Lipinski definition) is 2. The summed E-state index contributed by atoms with van der Waals surface area (Å²) in [7, 11) is 1.71. The third-order valence-corrected chi connectivity index (χ3v) is 7.37. The van der Waals surface area contributed by atoms with E-state index in [1.807, 2.05) is 0 Å². The Labute approximate surface area is 144 Å². The highest BCUT2D eigenvalue weighted by Gasteiger charge is 2.65. The predicted octanol–water partition coefficient (Wildman–Crippen LogP) is 2.89. The number of aliphatic hydroxyl groups is 2. The maximum atomic E-state index is 11.0. The third kappa shape index (κ3) is 1.87. The normalized spacial score (nSPS) is 43.3. The first-order chi connectivity index (χ1) is 11.4. The van der Waals surface area contributed by atoms with Crippen LogP contribution in [0.5, 0.6) is 5.75 Å². The first kappa shape index (κ1) is 16.0. The average molecular weight is 326 g/mol. The molecular formula is C21H26O3. The molecule has 2 N–H and O–H groups in total. The molecule has 4 rings (SSSR count). The first-order valence-corrected chi connectivity index (χ1v) is 8.99. The zero-order chi connectivity index (χ0) is 17.1. The van der Waals surface area contributed by atoms with E-state index < -0.39 is 11.7 Å². The van der Waals surface area contributed by atoms with Crippen LogP contribution in [-0.2, 0) is 6.42 Å². The molecule has 0 amide bonds. The minimum absolute atomic E-state index is 0.280. The van der Waals surface area contributed by atoms with Crippen molar-refractivity contribution in [1.29, 1.82) is 0 Å². The van der Waals surface area contributed by atoms with Crippen LogP contribution in [0.4, 0.5) is 0 Å². The summed E-state index contributed by atoms with van der Waals surface area (Å²) in [4.78, 5) is 0. The van der Waals surface area contributed by atoms with E-state index in [-0.39, 0.29) is 11.3 Å². The van der Waals surface area contributed by atoms with Crippen LogP contribution < -0.4 is 4.74 Å². The van der Waals surface area contributed by atoms with Gasteiger partial charge in [0.1, 0.15) is 5.75 Å². The quantitative estimate of drug-likeness (QED) is 0.780. The minimum Gasteiger partial charge on any atom is -0.497 e. The van der Waals surface area contributed by atoms with Crippen molar-refractivity contribution >= 4 is 0 Å². The van der Waals surface area contributed by atoms with Gasteiger partial charge in [-0.2, -0.15) is 0 Å². The Bertz CT molecular complexity index is 706. The van der Waals surface area contributed by atoms with Gasteiger partial charge in [-0.1, -0.05) is 18.9 Å². The summed E-state index contributed by atoms with van der Waals surface area (Å²) in [6.07, 6.45) is 9.47. The molecule has 0 heterocycles. The topological polar surface area (TPSA) is 49.7 Å². The lowest BCUT2D eigenvalue weighted by Crippen LogP contribution is -2.53. The lowest BCUT2D eigenvalue weighted by Gasteiger charge is -2.52. The molecule has 2 fully saturated rings. The van der Waals surface area contributed by atoms with Crippen LogP contribution in [0.15, 0.2) is 18.2 Å². The van der Waals surface area contributed by atoms with E-state index in [2.05, 4.69) is 31.0 Å². The lowest BCUT2D eigenvalue weighted by atomic mass is 9.53. The van der Waals surface area contributed by atoms with Crippen molar-refractivity contribution in [2.75, 3.05) is 7.11 Å². The number of fused-ring (bicyclic) bond motifs is 5. The Kier molecular flexibility index (Phi) is 3.50. The predicted molar refractivity (Wildman–Crippen MR) is 92.8 cm³/mol. The lowest BCUT2D eigenvalue weighted by molar-refractivity contribution is -0.101. The van der Waals surface area contributed by atoms with Gasteiger partial charge >= 0.3 is 0 Å². The summed E-state index contributed by atoms with van der Waals surface area (Å²) >= 11 is 0. The molecule has 0 aliphatic heterocycles. The number of methoxy groups -OCH3 is 1. The van der Waals surface area contributed by atoms with Gasteiger partial charge in [-0.3, -0.25) is 0 Å². The van der Waals surface area contributed by atoms with Crippen LogP contribution in [0, 0.1) is 29.6 Å².